The van der Waals surface area contributed by atoms with Crippen LogP contribution in [0.1, 0.15) is 0 Å². The first kappa shape index (κ1) is 14.7. The van der Waals surface area contributed by atoms with Crippen molar-refractivity contribution in [3.63, 3.8) is 0 Å². The van der Waals surface area contributed by atoms with E-state index >= 15 is 0 Å². The molecular formula is C7H8Cl2N2O4S2. The van der Waals surface area contributed by atoms with Crippen LogP contribution in [0.5, 0.6) is 0 Å². The van der Waals surface area contributed by atoms with Gasteiger partial charge in [0, 0.05) is 6.54 Å². The van der Waals surface area contributed by atoms with Gasteiger partial charge in [0.25, 0.3) is 0 Å². The van der Waals surface area contributed by atoms with Crippen LogP contribution in [0.3, 0.4) is 0 Å². The van der Waals surface area contributed by atoms with E-state index in [4.69, 9.17) is 34.0 Å². The van der Waals surface area contributed by atoms with Crippen molar-refractivity contribution in [2.45, 2.75) is 10.9 Å². The van der Waals surface area contributed by atoms with Crippen LogP contribution >= 0.6 is 34.5 Å². The Morgan fingerprint density at radius 1 is 1.59 bits per heavy atom. The van der Waals surface area contributed by atoms with Gasteiger partial charge in [0.15, 0.2) is 0 Å². The minimum atomic E-state index is -3.90. The van der Waals surface area contributed by atoms with Gasteiger partial charge in [-0.3, -0.25) is 4.79 Å². The Bertz CT molecular complexity index is 528. The van der Waals surface area contributed by atoms with Crippen molar-refractivity contribution >= 4 is 50.5 Å². The zero-order chi connectivity index (χ0) is 13.2. The van der Waals surface area contributed by atoms with Crippen molar-refractivity contribution in [1.82, 2.24) is 4.72 Å². The molecule has 0 saturated heterocycles. The van der Waals surface area contributed by atoms with Gasteiger partial charge in [-0.15, -0.1) is 11.3 Å². The molecule has 1 atom stereocenters. The maximum absolute atomic E-state index is 11.7. The lowest BCUT2D eigenvalue weighted by atomic mass is 10.3. The summed E-state index contributed by atoms with van der Waals surface area (Å²) in [6, 6.07) is -0.138. The molecule has 0 bridgehead atoms. The predicted molar refractivity (Wildman–Crippen MR) is 65.1 cm³/mol. The van der Waals surface area contributed by atoms with Crippen LogP contribution in [0.25, 0.3) is 0 Å². The number of aliphatic carboxylic acids is 1. The third kappa shape index (κ3) is 3.80. The fourth-order valence-electron chi connectivity index (χ4n) is 0.873. The van der Waals surface area contributed by atoms with E-state index < -0.39 is 28.6 Å². The van der Waals surface area contributed by atoms with E-state index in [1.807, 2.05) is 4.72 Å². The Morgan fingerprint density at radius 2 is 2.18 bits per heavy atom. The molecule has 17 heavy (non-hydrogen) atoms. The van der Waals surface area contributed by atoms with E-state index in [2.05, 4.69) is 0 Å². The molecule has 1 aromatic rings. The number of carboxylic acids is 1. The summed E-state index contributed by atoms with van der Waals surface area (Å²) in [4.78, 5) is 10.2. The molecule has 1 rings (SSSR count). The van der Waals surface area contributed by atoms with Crippen LogP contribution in [0.15, 0.2) is 11.0 Å². The fraction of sp³-hybridized carbons (Fsp3) is 0.286. The van der Waals surface area contributed by atoms with Crippen molar-refractivity contribution in [2.24, 2.45) is 5.73 Å². The van der Waals surface area contributed by atoms with E-state index in [1.54, 1.807) is 0 Å². The average molecular weight is 319 g/mol. The maximum Gasteiger partial charge on any atom is 0.321 e. The molecule has 1 unspecified atom stereocenters. The van der Waals surface area contributed by atoms with Crippen molar-refractivity contribution in [2.75, 3.05) is 6.54 Å². The van der Waals surface area contributed by atoms with Crippen molar-refractivity contribution < 1.29 is 18.3 Å². The van der Waals surface area contributed by atoms with Gasteiger partial charge in [-0.1, -0.05) is 23.2 Å². The van der Waals surface area contributed by atoms with Crippen molar-refractivity contribution in [1.29, 1.82) is 0 Å². The molecule has 10 heteroatoms. The first-order chi connectivity index (χ1) is 7.74. The quantitative estimate of drug-likeness (QED) is 0.742. The normalized spacial score (nSPS) is 13.6. The summed E-state index contributed by atoms with van der Waals surface area (Å²) in [5.74, 6) is -1.30. The van der Waals surface area contributed by atoms with Gasteiger partial charge < -0.3 is 10.8 Å². The molecule has 96 valence electrons. The third-order valence-electron chi connectivity index (χ3n) is 1.73. The number of thiophene rings is 1. The summed E-state index contributed by atoms with van der Waals surface area (Å²) in [6.07, 6.45) is 0. The van der Waals surface area contributed by atoms with E-state index in [0.717, 1.165) is 11.3 Å². The number of hydrogen-bond acceptors (Lipinski definition) is 5. The Balaban J connectivity index is 2.83. The molecule has 0 aliphatic carbocycles. The van der Waals surface area contributed by atoms with Gasteiger partial charge in [0.2, 0.25) is 10.0 Å². The maximum atomic E-state index is 11.7. The van der Waals surface area contributed by atoms with Crippen LogP contribution in [-0.4, -0.2) is 32.1 Å². The van der Waals surface area contributed by atoms with Gasteiger partial charge in [0.1, 0.15) is 15.3 Å². The lowest BCUT2D eigenvalue weighted by Crippen LogP contribution is -2.42. The number of nitrogens with two attached hydrogens (primary N) is 1. The highest BCUT2D eigenvalue weighted by Gasteiger charge is 2.22. The molecule has 0 radical (unpaired) electrons. The second-order valence-corrected chi connectivity index (χ2v) is 7.01. The predicted octanol–water partition coefficient (Wildman–Crippen LogP) is 0.745. The van der Waals surface area contributed by atoms with Crippen LogP contribution in [0, 0.1) is 0 Å². The zero-order valence-corrected chi connectivity index (χ0v) is 11.3. The number of sulfonamides is 1. The van der Waals surface area contributed by atoms with Crippen LogP contribution in [-0.2, 0) is 14.8 Å². The second-order valence-electron chi connectivity index (χ2n) is 2.99. The number of carbonyl (C=O) groups is 1. The number of rotatable bonds is 5. The molecule has 0 fully saturated rings. The van der Waals surface area contributed by atoms with Crippen LogP contribution < -0.4 is 10.5 Å². The molecule has 6 nitrogen and oxygen atoms in total. The van der Waals surface area contributed by atoms with Gasteiger partial charge >= 0.3 is 5.97 Å². The molecule has 4 N–H and O–H groups in total. The highest BCUT2D eigenvalue weighted by Crippen LogP contribution is 2.33. The smallest absolute Gasteiger partial charge is 0.321 e. The molecular weight excluding hydrogens is 311 g/mol. The molecule has 1 aromatic heterocycles. The van der Waals surface area contributed by atoms with Crippen molar-refractivity contribution in [3.8, 4) is 0 Å². The largest absolute Gasteiger partial charge is 0.480 e. The lowest BCUT2D eigenvalue weighted by molar-refractivity contribution is -0.138. The number of nitrogens with one attached hydrogen (secondary N) is 1. The van der Waals surface area contributed by atoms with Crippen molar-refractivity contribution in [3.05, 3.63) is 14.7 Å². The molecule has 0 aliphatic rings. The van der Waals surface area contributed by atoms with Gasteiger partial charge in [-0.25, -0.2) is 13.1 Å². The summed E-state index contributed by atoms with van der Waals surface area (Å²) in [7, 11) is -3.90. The van der Waals surface area contributed by atoms with E-state index in [-0.39, 0.29) is 13.6 Å². The lowest BCUT2D eigenvalue weighted by Gasteiger charge is -2.08. The molecule has 0 aliphatic heterocycles. The fourth-order valence-corrected chi connectivity index (χ4v) is 4.08. The van der Waals surface area contributed by atoms with Gasteiger partial charge in [-0.2, -0.15) is 0 Å². The van der Waals surface area contributed by atoms with Gasteiger partial charge in [0.05, 0.1) is 4.34 Å². The summed E-state index contributed by atoms with van der Waals surface area (Å²) in [5.41, 5.74) is 5.16. The second kappa shape index (κ2) is 5.51. The minimum absolute atomic E-state index is 0.00592. The van der Waals surface area contributed by atoms with Crippen LogP contribution in [0.4, 0.5) is 0 Å². The molecule has 0 spiro atoms. The molecule has 0 amide bonds. The SMILES string of the molecule is NC(CNS(=O)(=O)c1cc(Cl)sc1Cl)C(=O)O. The highest BCUT2D eigenvalue weighted by molar-refractivity contribution is 7.89. The molecule has 0 saturated carbocycles. The number of carboxylic acid groups (broad SMARTS) is 1. The van der Waals surface area contributed by atoms with E-state index in [1.165, 1.54) is 6.07 Å². The topological polar surface area (TPSA) is 109 Å². The standard InChI is InChI=1S/C7H8Cl2N2O4S2/c8-5-1-4(6(9)16-5)17(14,15)11-2-3(10)7(12)13/h1,3,11H,2,10H2,(H,12,13). The van der Waals surface area contributed by atoms with E-state index in [9.17, 15) is 13.2 Å². The number of halogens is 2. The monoisotopic (exact) mass is 318 g/mol. The Labute approximate surface area is 111 Å². The summed E-state index contributed by atoms with van der Waals surface area (Å²) in [5, 5.41) is 8.50. The minimum Gasteiger partial charge on any atom is -0.480 e. The average Bonchev–Trinajstić information content (AvgIpc) is 2.55. The Morgan fingerprint density at radius 3 is 2.59 bits per heavy atom. The Hall–Kier alpha value is -0.380. The zero-order valence-electron chi connectivity index (χ0n) is 8.18. The van der Waals surface area contributed by atoms with Crippen LogP contribution in [0.2, 0.25) is 8.67 Å². The van der Waals surface area contributed by atoms with E-state index in [0.29, 0.717) is 0 Å². The highest BCUT2D eigenvalue weighted by atomic mass is 35.5. The van der Waals surface area contributed by atoms with Gasteiger partial charge in [-0.05, 0) is 6.07 Å². The molecule has 1 heterocycles. The summed E-state index contributed by atoms with van der Waals surface area (Å²) in [6.45, 7) is -0.429. The Kier molecular flexibility index (Phi) is 4.76. The molecule has 0 aromatic carbocycles. The summed E-state index contributed by atoms with van der Waals surface area (Å²) < 4.78 is 25.7. The first-order valence-corrected chi connectivity index (χ1v) is 7.22. The first-order valence-electron chi connectivity index (χ1n) is 4.17. The third-order valence-corrected chi connectivity index (χ3v) is 4.90. The number of hydrogen-bond donors (Lipinski definition) is 3. The summed E-state index contributed by atoms with van der Waals surface area (Å²) >= 11 is 12.2.